The third kappa shape index (κ3) is 6.10. The standard InChI is InChI=1S/C33H37ClN2O6/c1-33(2,3)19-36-26-13-11-21(34)16-25(26)30(24-12-14-27(41-4)23-10-6-5-9-22(23)24)42-28(31(36)38)17-29(37)35-15-7-8-20(18-35)32(39)40/h5-6,9-14,16,20,28,30H,7-8,15,17-19H2,1-4H3,(H,39,40). The molecular weight excluding hydrogens is 556 g/mol. The molecule has 0 bridgehead atoms. The molecule has 3 aromatic rings. The maximum absolute atomic E-state index is 14.3. The lowest BCUT2D eigenvalue weighted by Crippen LogP contribution is -2.47. The Morgan fingerprint density at radius 1 is 1.07 bits per heavy atom. The molecule has 0 aromatic heterocycles. The minimum absolute atomic E-state index is 0.128. The van der Waals surface area contributed by atoms with Gasteiger partial charge in [-0.25, -0.2) is 0 Å². The van der Waals surface area contributed by atoms with Crippen molar-refractivity contribution in [1.82, 2.24) is 4.90 Å². The number of piperidine rings is 1. The molecular formula is C33H37ClN2O6. The summed E-state index contributed by atoms with van der Waals surface area (Å²) in [5.74, 6) is -1.42. The van der Waals surface area contributed by atoms with Crippen molar-refractivity contribution in [1.29, 1.82) is 0 Å². The lowest BCUT2D eigenvalue weighted by atomic mass is 9.92. The first-order valence-corrected chi connectivity index (χ1v) is 14.7. The van der Waals surface area contributed by atoms with E-state index in [0.717, 1.165) is 21.9 Å². The molecule has 222 valence electrons. The maximum atomic E-state index is 14.3. The molecule has 1 saturated heterocycles. The second-order valence-electron chi connectivity index (χ2n) is 12.3. The first kappa shape index (κ1) is 29.9. The zero-order chi connectivity index (χ0) is 30.2. The molecule has 2 amide bonds. The number of amides is 2. The second kappa shape index (κ2) is 11.9. The molecule has 2 heterocycles. The maximum Gasteiger partial charge on any atom is 0.308 e. The number of methoxy groups -OCH3 is 1. The molecule has 0 radical (unpaired) electrons. The average Bonchev–Trinajstić information content (AvgIpc) is 3.06. The first-order chi connectivity index (χ1) is 20.0. The minimum Gasteiger partial charge on any atom is -0.496 e. The topological polar surface area (TPSA) is 96.4 Å². The summed E-state index contributed by atoms with van der Waals surface area (Å²) in [5.41, 5.74) is 1.98. The van der Waals surface area contributed by atoms with Crippen molar-refractivity contribution in [3.8, 4) is 5.75 Å². The number of carboxylic acids is 1. The van der Waals surface area contributed by atoms with Gasteiger partial charge in [-0.2, -0.15) is 0 Å². The van der Waals surface area contributed by atoms with Crippen molar-refractivity contribution < 1.29 is 29.0 Å². The average molecular weight is 593 g/mol. The van der Waals surface area contributed by atoms with Gasteiger partial charge in [0, 0.05) is 41.3 Å². The Bertz CT molecular complexity index is 1520. The summed E-state index contributed by atoms with van der Waals surface area (Å²) in [6.45, 7) is 7.14. The molecule has 2 aliphatic heterocycles. The number of hydrogen-bond donors (Lipinski definition) is 1. The molecule has 5 rings (SSSR count). The zero-order valence-corrected chi connectivity index (χ0v) is 25.2. The number of ether oxygens (including phenoxy) is 2. The van der Waals surface area contributed by atoms with E-state index in [2.05, 4.69) is 20.8 Å². The van der Waals surface area contributed by atoms with E-state index in [9.17, 15) is 19.5 Å². The molecule has 42 heavy (non-hydrogen) atoms. The summed E-state index contributed by atoms with van der Waals surface area (Å²) in [7, 11) is 1.62. The van der Waals surface area contributed by atoms with Gasteiger partial charge in [-0.3, -0.25) is 14.4 Å². The van der Waals surface area contributed by atoms with Gasteiger partial charge in [0.05, 0.1) is 19.4 Å². The molecule has 9 heteroatoms. The van der Waals surface area contributed by atoms with Gasteiger partial charge in [-0.15, -0.1) is 0 Å². The van der Waals surface area contributed by atoms with Gasteiger partial charge in [0.25, 0.3) is 5.91 Å². The van der Waals surface area contributed by atoms with Crippen LogP contribution in [0.2, 0.25) is 5.02 Å². The van der Waals surface area contributed by atoms with Crippen molar-refractivity contribution in [2.24, 2.45) is 11.3 Å². The highest BCUT2D eigenvalue weighted by atomic mass is 35.5. The normalized spacial score (nSPS) is 21.2. The van der Waals surface area contributed by atoms with Gasteiger partial charge in [-0.1, -0.05) is 62.7 Å². The minimum atomic E-state index is -1.10. The van der Waals surface area contributed by atoms with Crippen LogP contribution in [0.5, 0.6) is 5.75 Å². The number of carboxylic acid groups (broad SMARTS) is 1. The Morgan fingerprint density at radius 3 is 2.50 bits per heavy atom. The van der Waals surface area contributed by atoms with E-state index in [1.807, 2.05) is 48.5 Å². The molecule has 2 aliphatic rings. The number of benzene rings is 3. The van der Waals surface area contributed by atoms with Crippen LogP contribution in [0.25, 0.3) is 10.8 Å². The van der Waals surface area contributed by atoms with Crippen molar-refractivity contribution in [3.63, 3.8) is 0 Å². The van der Waals surface area contributed by atoms with E-state index < -0.39 is 24.1 Å². The lowest BCUT2D eigenvalue weighted by molar-refractivity contribution is -0.148. The Kier molecular flexibility index (Phi) is 8.49. The van der Waals surface area contributed by atoms with Crippen LogP contribution in [0.3, 0.4) is 0 Å². The van der Waals surface area contributed by atoms with Gasteiger partial charge in [0.15, 0.2) is 0 Å². The fourth-order valence-corrected chi connectivity index (χ4v) is 6.16. The molecule has 1 N–H and O–H groups in total. The third-order valence-corrected chi connectivity index (χ3v) is 8.18. The van der Waals surface area contributed by atoms with Crippen molar-refractivity contribution >= 4 is 45.8 Å². The lowest BCUT2D eigenvalue weighted by Gasteiger charge is -2.33. The van der Waals surface area contributed by atoms with Gasteiger partial charge < -0.3 is 24.4 Å². The van der Waals surface area contributed by atoms with Crippen molar-refractivity contribution in [2.45, 2.75) is 52.2 Å². The summed E-state index contributed by atoms with van der Waals surface area (Å²) in [6.07, 6.45) is -0.877. The fraction of sp³-hybridized carbons (Fsp3) is 0.424. The summed E-state index contributed by atoms with van der Waals surface area (Å²) in [5, 5.41) is 11.8. The number of carbonyl (C=O) groups excluding carboxylic acids is 2. The van der Waals surface area contributed by atoms with E-state index in [-0.39, 0.29) is 30.2 Å². The predicted octanol–water partition coefficient (Wildman–Crippen LogP) is 6.08. The Balaban J connectivity index is 1.61. The van der Waals surface area contributed by atoms with Crippen LogP contribution in [0, 0.1) is 11.3 Å². The highest BCUT2D eigenvalue weighted by Gasteiger charge is 2.40. The number of aliphatic carboxylic acids is 1. The first-order valence-electron chi connectivity index (χ1n) is 14.3. The Labute approximate surface area is 251 Å². The van der Waals surface area contributed by atoms with E-state index in [4.69, 9.17) is 21.1 Å². The van der Waals surface area contributed by atoms with E-state index in [1.165, 1.54) is 0 Å². The largest absolute Gasteiger partial charge is 0.496 e. The molecule has 1 fully saturated rings. The molecule has 3 aromatic carbocycles. The molecule has 0 aliphatic carbocycles. The van der Waals surface area contributed by atoms with E-state index >= 15 is 0 Å². The van der Waals surface area contributed by atoms with Crippen LogP contribution in [0.4, 0.5) is 5.69 Å². The van der Waals surface area contributed by atoms with Crippen LogP contribution < -0.4 is 9.64 Å². The molecule has 3 atom stereocenters. The number of fused-ring (bicyclic) bond motifs is 2. The van der Waals surface area contributed by atoms with Crippen LogP contribution in [-0.2, 0) is 19.1 Å². The summed E-state index contributed by atoms with van der Waals surface area (Å²) in [4.78, 5) is 42.8. The number of nitrogens with zero attached hydrogens (tertiary/aromatic N) is 2. The molecule has 3 unspecified atom stereocenters. The monoisotopic (exact) mass is 592 g/mol. The van der Waals surface area contributed by atoms with Crippen LogP contribution in [0.1, 0.15) is 57.3 Å². The zero-order valence-electron chi connectivity index (χ0n) is 24.4. The number of halogens is 1. The molecule has 0 saturated carbocycles. The van der Waals surface area contributed by atoms with Gasteiger partial charge in [0.1, 0.15) is 18.0 Å². The number of anilines is 1. The van der Waals surface area contributed by atoms with Crippen LogP contribution in [-0.4, -0.2) is 60.6 Å². The van der Waals surface area contributed by atoms with Crippen molar-refractivity contribution in [2.75, 3.05) is 31.6 Å². The SMILES string of the molecule is COc1ccc(C2OC(CC(=O)N3CCCC(C(=O)O)C3)C(=O)N(CC(C)(C)C)c3ccc(Cl)cc32)c2ccccc12. The van der Waals surface area contributed by atoms with Crippen molar-refractivity contribution in [3.05, 3.63) is 70.7 Å². The smallest absolute Gasteiger partial charge is 0.308 e. The highest BCUT2D eigenvalue weighted by molar-refractivity contribution is 6.30. The quantitative estimate of drug-likeness (QED) is 0.372. The van der Waals surface area contributed by atoms with Crippen LogP contribution in [0.15, 0.2) is 54.6 Å². The molecule has 8 nitrogen and oxygen atoms in total. The van der Waals surface area contributed by atoms with Gasteiger partial charge >= 0.3 is 5.97 Å². The van der Waals surface area contributed by atoms with E-state index in [0.29, 0.717) is 42.4 Å². The summed E-state index contributed by atoms with van der Waals surface area (Å²) < 4.78 is 12.3. The number of hydrogen-bond acceptors (Lipinski definition) is 5. The van der Waals surface area contributed by atoms with Gasteiger partial charge in [-0.05, 0) is 53.5 Å². The number of carbonyl (C=O) groups is 3. The highest BCUT2D eigenvalue weighted by Crippen LogP contribution is 2.44. The summed E-state index contributed by atoms with van der Waals surface area (Å²) in [6, 6.07) is 17.1. The third-order valence-electron chi connectivity index (χ3n) is 7.94. The van der Waals surface area contributed by atoms with Crippen LogP contribution >= 0.6 is 11.6 Å². The Morgan fingerprint density at radius 2 is 1.81 bits per heavy atom. The second-order valence-corrected chi connectivity index (χ2v) is 12.8. The van der Waals surface area contributed by atoms with E-state index in [1.54, 1.807) is 23.0 Å². The molecule has 0 spiro atoms. The van der Waals surface area contributed by atoms with Gasteiger partial charge in [0.2, 0.25) is 5.91 Å². The fourth-order valence-electron chi connectivity index (χ4n) is 5.98. The summed E-state index contributed by atoms with van der Waals surface area (Å²) >= 11 is 6.54. The predicted molar refractivity (Wildman–Crippen MR) is 162 cm³/mol. The number of likely N-dealkylation sites (tertiary alicyclic amines) is 1. The Hall–Kier alpha value is -3.62. The number of rotatable bonds is 6.